The molecule has 0 bridgehead atoms. The fraction of sp³-hybridized carbons (Fsp3) is 0.371. The first-order valence-corrected chi connectivity index (χ1v) is 17.2. The van der Waals surface area contributed by atoms with E-state index < -0.39 is 5.79 Å². The molecule has 2 aliphatic heterocycles. The van der Waals surface area contributed by atoms with Gasteiger partial charge in [-0.05, 0) is 80.1 Å². The predicted molar refractivity (Wildman–Crippen MR) is 188 cm³/mol. The van der Waals surface area contributed by atoms with E-state index in [-0.39, 0.29) is 24.4 Å². The van der Waals surface area contributed by atoms with Crippen LogP contribution < -0.4 is 20.2 Å². The van der Waals surface area contributed by atoms with E-state index >= 15 is 0 Å². The lowest BCUT2D eigenvalue weighted by Crippen LogP contribution is -2.46. The van der Waals surface area contributed by atoms with E-state index in [4.69, 9.17) is 37.4 Å². The Morgan fingerprint density at radius 1 is 0.898 bits per heavy atom. The van der Waals surface area contributed by atoms with Crippen LogP contribution in [0.3, 0.4) is 0 Å². The van der Waals surface area contributed by atoms with Crippen molar-refractivity contribution in [1.82, 2.24) is 29.1 Å². The van der Waals surface area contributed by atoms with Gasteiger partial charge in [0.25, 0.3) is 0 Å². The molecule has 4 heterocycles. The average molecular weight is 706 g/mol. The molecular weight excluding hydrogens is 667 g/mol. The van der Waals surface area contributed by atoms with Gasteiger partial charge in [-0.25, -0.2) is 23.7 Å². The number of halogens is 2. The summed E-state index contributed by atoms with van der Waals surface area (Å²) in [5.74, 6) is -0.388. The minimum Gasteiger partial charge on any atom is -0.491 e. The maximum absolute atomic E-state index is 12.8. The molecular formula is C35H38Cl2N8O4. The van der Waals surface area contributed by atoms with Crippen molar-refractivity contribution < 1.29 is 14.2 Å². The van der Waals surface area contributed by atoms with Gasteiger partial charge in [-0.3, -0.25) is 0 Å². The van der Waals surface area contributed by atoms with Crippen molar-refractivity contribution in [2.45, 2.75) is 44.7 Å². The number of hydrogen-bond donors (Lipinski definition) is 0. The second-order valence-electron chi connectivity index (χ2n) is 12.3. The Morgan fingerprint density at radius 2 is 1.53 bits per heavy atom. The lowest BCUT2D eigenvalue weighted by Gasteiger charge is -2.37. The van der Waals surface area contributed by atoms with Crippen LogP contribution in [0.4, 0.5) is 11.4 Å². The van der Waals surface area contributed by atoms with Crippen LogP contribution in [0.5, 0.6) is 5.75 Å². The van der Waals surface area contributed by atoms with Crippen molar-refractivity contribution in [3.05, 3.63) is 112 Å². The summed E-state index contributed by atoms with van der Waals surface area (Å²) in [4.78, 5) is 21.6. The van der Waals surface area contributed by atoms with Gasteiger partial charge >= 0.3 is 5.69 Å². The second-order valence-corrected chi connectivity index (χ2v) is 13.2. The first-order valence-electron chi connectivity index (χ1n) is 16.4. The normalized spacial score (nSPS) is 20.1. The first-order chi connectivity index (χ1) is 23.8. The van der Waals surface area contributed by atoms with Crippen LogP contribution in [0.15, 0.2) is 90.5 Å². The molecule has 0 N–H and O–H groups in total. The number of benzene rings is 3. The van der Waals surface area contributed by atoms with Crippen molar-refractivity contribution in [2.75, 3.05) is 49.2 Å². The highest BCUT2D eigenvalue weighted by Crippen LogP contribution is 2.38. The fourth-order valence-corrected chi connectivity index (χ4v) is 6.76. The highest BCUT2D eigenvalue weighted by atomic mass is 35.5. The molecule has 2 aromatic heterocycles. The maximum Gasteiger partial charge on any atom is 0.350 e. The van der Waals surface area contributed by atoms with Gasteiger partial charge < -0.3 is 24.0 Å². The molecule has 0 aliphatic carbocycles. The molecule has 2 saturated heterocycles. The summed E-state index contributed by atoms with van der Waals surface area (Å²) in [6, 6.07) is 21.6. The first kappa shape index (κ1) is 33.2. The Kier molecular flexibility index (Phi) is 9.64. The topological polar surface area (TPSA) is 105 Å². The summed E-state index contributed by atoms with van der Waals surface area (Å²) in [5.41, 5.74) is 3.68. The molecule has 0 amide bonds. The minimum atomic E-state index is -1.14. The largest absolute Gasteiger partial charge is 0.491 e. The summed E-state index contributed by atoms with van der Waals surface area (Å²) < 4.78 is 23.7. The van der Waals surface area contributed by atoms with Crippen molar-refractivity contribution in [3.63, 3.8) is 0 Å². The molecule has 2 fully saturated rings. The second kappa shape index (κ2) is 14.2. The van der Waals surface area contributed by atoms with Gasteiger partial charge in [0, 0.05) is 53.2 Å². The zero-order chi connectivity index (χ0) is 34.0. The van der Waals surface area contributed by atoms with Gasteiger partial charge in [0.05, 0.1) is 18.3 Å². The molecule has 14 heteroatoms. The zero-order valence-electron chi connectivity index (χ0n) is 27.4. The highest BCUT2D eigenvalue weighted by Gasteiger charge is 2.44. The number of piperazine rings is 1. The third kappa shape index (κ3) is 7.18. The third-order valence-electron chi connectivity index (χ3n) is 9.11. The summed E-state index contributed by atoms with van der Waals surface area (Å²) in [5, 5.41) is 9.51. The van der Waals surface area contributed by atoms with Crippen LogP contribution in [0.25, 0.3) is 5.69 Å². The van der Waals surface area contributed by atoms with Gasteiger partial charge in [-0.15, -0.1) is 0 Å². The average Bonchev–Trinajstić information content (AvgIpc) is 3.88. The highest BCUT2D eigenvalue weighted by molar-refractivity contribution is 6.34. The summed E-state index contributed by atoms with van der Waals surface area (Å²) in [6.45, 7) is 8.50. The molecule has 12 nitrogen and oxygen atoms in total. The Morgan fingerprint density at radius 3 is 2.14 bits per heavy atom. The number of anilines is 2. The molecule has 2 unspecified atom stereocenters. The Balaban J connectivity index is 0.925. The van der Waals surface area contributed by atoms with Crippen LogP contribution in [0.1, 0.15) is 31.9 Å². The smallest absolute Gasteiger partial charge is 0.350 e. The summed E-state index contributed by atoms with van der Waals surface area (Å²) in [7, 11) is 0. The van der Waals surface area contributed by atoms with Crippen molar-refractivity contribution in [2.24, 2.45) is 0 Å². The zero-order valence-corrected chi connectivity index (χ0v) is 28.9. The number of ether oxygens (including phenoxy) is 3. The predicted octanol–water partition coefficient (Wildman–Crippen LogP) is 5.58. The SMILES string of the molecule is CCC(C)n1ncn(-c2ccc(N3CCN(c4ccc(OCC5CO[C@](Cn6cncn6)(c6cc(Cl)cc(Cl)c6)O5)cc4)CC3)cc2)c1=O. The van der Waals surface area contributed by atoms with Crippen molar-refractivity contribution in [1.29, 1.82) is 0 Å². The summed E-state index contributed by atoms with van der Waals surface area (Å²) in [6.07, 6.45) is 5.20. The van der Waals surface area contributed by atoms with Gasteiger partial charge in [-0.1, -0.05) is 30.1 Å². The molecule has 3 atom stereocenters. The van der Waals surface area contributed by atoms with Gasteiger partial charge in [-0.2, -0.15) is 10.2 Å². The van der Waals surface area contributed by atoms with Crippen LogP contribution in [0.2, 0.25) is 10.0 Å². The molecule has 256 valence electrons. The van der Waals surface area contributed by atoms with Crippen LogP contribution in [0, 0.1) is 0 Å². The van der Waals surface area contributed by atoms with E-state index in [1.54, 1.807) is 40.1 Å². The molecule has 0 radical (unpaired) electrons. The third-order valence-corrected chi connectivity index (χ3v) is 9.55. The van der Waals surface area contributed by atoms with Gasteiger partial charge in [0.1, 0.15) is 44.0 Å². The van der Waals surface area contributed by atoms with Gasteiger partial charge in [0.15, 0.2) is 0 Å². The van der Waals surface area contributed by atoms with Crippen LogP contribution in [-0.2, 0) is 21.8 Å². The Hall–Kier alpha value is -4.36. The van der Waals surface area contributed by atoms with E-state index in [0.29, 0.717) is 28.8 Å². The van der Waals surface area contributed by atoms with E-state index in [0.717, 1.165) is 55.4 Å². The van der Waals surface area contributed by atoms with Crippen molar-refractivity contribution in [3.8, 4) is 11.4 Å². The van der Waals surface area contributed by atoms with E-state index in [2.05, 4.69) is 49.2 Å². The number of aromatic nitrogens is 6. The molecule has 0 saturated carbocycles. The van der Waals surface area contributed by atoms with E-state index in [1.807, 2.05) is 38.1 Å². The standard InChI is InChI=1S/C35H38Cl2N8O4/c1-3-25(2)45-34(46)44(24-40-45)31-6-4-29(5-7-31)41-12-14-42(15-13-41)30-8-10-32(11-9-30)47-19-33-20-48-35(49-33,21-43-23-38-22-39-43)26-16-27(36)18-28(37)17-26/h4-11,16-18,22-25,33H,3,12-15,19-21H2,1-2H3/t25?,33?,35-/m0/s1. The number of rotatable bonds is 11. The monoisotopic (exact) mass is 704 g/mol. The molecule has 5 aromatic rings. The summed E-state index contributed by atoms with van der Waals surface area (Å²) >= 11 is 12.6. The van der Waals surface area contributed by atoms with Crippen molar-refractivity contribution >= 4 is 34.6 Å². The quantitative estimate of drug-likeness (QED) is 0.174. The fourth-order valence-electron chi connectivity index (χ4n) is 6.23. The van der Waals surface area contributed by atoms with Crippen LogP contribution in [-0.4, -0.2) is 74.6 Å². The van der Waals surface area contributed by atoms with Gasteiger partial charge in [0.2, 0.25) is 5.79 Å². The minimum absolute atomic E-state index is 0.0645. The number of hydrogen-bond acceptors (Lipinski definition) is 9. The maximum atomic E-state index is 12.8. The Labute approximate surface area is 294 Å². The molecule has 2 aliphatic rings. The van der Waals surface area contributed by atoms with E-state index in [9.17, 15) is 4.79 Å². The molecule has 0 spiro atoms. The molecule has 7 rings (SSSR count). The van der Waals surface area contributed by atoms with Crippen LogP contribution >= 0.6 is 23.2 Å². The molecule has 49 heavy (non-hydrogen) atoms. The lowest BCUT2D eigenvalue weighted by atomic mass is 10.1. The molecule has 3 aromatic carbocycles. The number of nitrogens with zero attached hydrogens (tertiary/aromatic N) is 8. The Bertz CT molecular complexity index is 1890. The van der Waals surface area contributed by atoms with E-state index in [1.165, 1.54) is 11.0 Å². The lowest BCUT2D eigenvalue weighted by molar-refractivity contribution is -0.190.